The van der Waals surface area contributed by atoms with Crippen LogP contribution in [0.25, 0.3) is 0 Å². The molecule has 0 saturated carbocycles. The van der Waals surface area contributed by atoms with E-state index in [1.807, 2.05) is 38.1 Å². The van der Waals surface area contributed by atoms with Crippen LogP contribution in [-0.2, 0) is 42.1 Å². The first-order valence-corrected chi connectivity index (χ1v) is 17.3. The molecule has 13 nitrogen and oxygen atoms in total. The van der Waals surface area contributed by atoms with E-state index in [4.69, 9.17) is 34.5 Å². The molecule has 14 heteroatoms. The molecule has 4 N–H and O–H groups in total. The summed E-state index contributed by atoms with van der Waals surface area (Å²) in [6.45, 7) is 5.74. The van der Waals surface area contributed by atoms with Gasteiger partial charge < -0.3 is 40.0 Å². The summed E-state index contributed by atoms with van der Waals surface area (Å²) in [6.07, 6.45) is -0.213. The van der Waals surface area contributed by atoms with E-state index in [1.54, 1.807) is 6.07 Å². The van der Waals surface area contributed by atoms with Gasteiger partial charge >= 0.3 is 6.09 Å². The molecule has 5 atom stereocenters. The van der Waals surface area contributed by atoms with Crippen molar-refractivity contribution >= 4 is 16.1 Å². The van der Waals surface area contributed by atoms with Crippen LogP contribution < -0.4 is 20.7 Å². The Morgan fingerprint density at radius 3 is 2.70 bits per heavy atom. The van der Waals surface area contributed by atoms with Gasteiger partial charge in [-0.2, -0.15) is 9.19 Å². The van der Waals surface area contributed by atoms with E-state index in [9.17, 15) is 18.3 Å². The number of sulfonamides is 1. The smallest absolute Gasteiger partial charge is 0.407 e. The molecule has 0 radical (unpaired) electrons. The molecule has 2 saturated heterocycles. The number of aliphatic hydroxyl groups excluding tert-OH is 1. The molecule has 3 aliphatic heterocycles. The molecule has 0 unspecified atom stereocenters. The molecule has 46 heavy (non-hydrogen) atoms. The van der Waals surface area contributed by atoms with E-state index < -0.39 is 34.4 Å². The molecule has 2 aromatic carbocycles. The van der Waals surface area contributed by atoms with Gasteiger partial charge in [-0.15, -0.1) is 0 Å². The number of carbonyl (C=O) groups is 1. The van der Waals surface area contributed by atoms with Crippen molar-refractivity contribution in [3.8, 4) is 11.5 Å². The number of alkyl carbamates (subject to hydrolysis) is 1. The van der Waals surface area contributed by atoms with Crippen LogP contribution in [0.5, 0.6) is 11.5 Å². The summed E-state index contributed by atoms with van der Waals surface area (Å²) in [7, 11) is -4.03. The first kappa shape index (κ1) is 34.4. The molecular formula is C32H45N3O10S. The van der Waals surface area contributed by atoms with Gasteiger partial charge in [0.25, 0.3) is 0 Å². The van der Waals surface area contributed by atoms with Crippen molar-refractivity contribution in [2.24, 2.45) is 17.6 Å². The van der Waals surface area contributed by atoms with Gasteiger partial charge in [0.1, 0.15) is 18.5 Å². The van der Waals surface area contributed by atoms with Crippen molar-refractivity contribution in [2.45, 2.75) is 75.6 Å². The highest BCUT2D eigenvalue weighted by Gasteiger charge is 2.44. The van der Waals surface area contributed by atoms with Crippen LogP contribution >= 0.6 is 0 Å². The second kappa shape index (κ2) is 15.7. The van der Waals surface area contributed by atoms with Gasteiger partial charge in [0.15, 0.2) is 12.0 Å². The lowest BCUT2D eigenvalue weighted by molar-refractivity contribution is -0.194. The molecule has 1 amide bonds. The molecule has 3 heterocycles. The predicted molar refractivity (Wildman–Crippen MR) is 166 cm³/mol. The quantitative estimate of drug-likeness (QED) is 0.178. The standard InChI is InChI=1S/C32H45N3O10S/c1-21(2)17-35(46(38,39)25-9-10-29-23(16-25)19-43-45-29)18-28(36)27(15-22-5-7-24(8-6-22)40-13-4-3-12-33)34-32(37)44-30-20-42-31-26(30)11-14-41-31/h5-10,16,21,26-28,30-31,36H,3-4,11-15,17-20,33H2,1-2H3,(H,34,37)/t26-,27-,28+,30-,31+/m0/s1. The third kappa shape index (κ3) is 8.68. The molecule has 2 fully saturated rings. The fourth-order valence-electron chi connectivity index (χ4n) is 5.80. The number of nitrogens with zero attached hydrogens (tertiary/aromatic N) is 1. The van der Waals surface area contributed by atoms with E-state index in [0.717, 1.165) is 24.8 Å². The second-order valence-electron chi connectivity index (χ2n) is 12.3. The maximum atomic E-state index is 13.9. The van der Waals surface area contributed by atoms with Crippen molar-refractivity contribution in [1.82, 2.24) is 9.62 Å². The monoisotopic (exact) mass is 663 g/mol. The fourth-order valence-corrected chi connectivity index (χ4v) is 7.47. The normalized spacial score (nSPS) is 21.9. The highest BCUT2D eigenvalue weighted by atomic mass is 32.2. The Kier molecular flexibility index (Phi) is 11.8. The molecule has 5 rings (SSSR count). The summed E-state index contributed by atoms with van der Waals surface area (Å²) in [5.74, 6) is 1.06. The fraction of sp³-hybridized carbons (Fsp3) is 0.594. The minimum Gasteiger partial charge on any atom is -0.494 e. The van der Waals surface area contributed by atoms with Crippen molar-refractivity contribution < 1.29 is 47.0 Å². The Bertz CT molecular complexity index is 1410. The second-order valence-corrected chi connectivity index (χ2v) is 14.2. The number of fused-ring (bicyclic) bond motifs is 2. The Labute approximate surface area is 270 Å². The first-order valence-electron chi connectivity index (χ1n) is 15.9. The average molecular weight is 664 g/mol. The lowest BCUT2D eigenvalue weighted by Gasteiger charge is -2.31. The van der Waals surface area contributed by atoms with Gasteiger partial charge in [-0.3, -0.25) is 0 Å². The van der Waals surface area contributed by atoms with E-state index in [2.05, 4.69) is 5.32 Å². The summed E-state index contributed by atoms with van der Waals surface area (Å²) < 4.78 is 51.7. The third-order valence-corrected chi connectivity index (χ3v) is 10.1. The summed E-state index contributed by atoms with van der Waals surface area (Å²) in [5, 5.41) is 14.4. The lowest BCUT2D eigenvalue weighted by atomic mass is 10.0. The summed E-state index contributed by atoms with van der Waals surface area (Å²) >= 11 is 0. The van der Waals surface area contributed by atoms with Crippen LogP contribution in [-0.4, -0.2) is 87.9 Å². The summed E-state index contributed by atoms with van der Waals surface area (Å²) in [4.78, 5) is 23.3. The molecule has 3 aliphatic rings. The Morgan fingerprint density at radius 2 is 1.93 bits per heavy atom. The number of nitrogens with two attached hydrogens (primary N) is 1. The number of unbranched alkanes of at least 4 members (excludes halogenated alkanes) is 1. The van der Waals surface area contributed by atoms with Crippen molar-refractivity contribution in [2.75, 3.05) is 39.5 Å². The number of carbonyl (C=O) groups excluding carboxylic acids is 1. The topological polar surface area (TPSA) is 168 Å². The minimum atomic E-state index is -4.03. The molecule has 254 valence electrons. The van der Waals surface area contributed by atoms with Crippen molar-refractivity contribution in [3.05, 3.63) is 53.6 Å². The highest BCUT2D eigenvalue weighted by Crippen LogP contribution is 2.33. The number of hydrogen-bond donors (Lipinski definition) is 3. The van der Waals surface area contributed by atoms with Crippen LogP contribution in [0.2, 0.25) is 0 Å². The van der Waals surface area contributed by atoms with Gasteiger partial charge in [-0.05, 0) is 74.0 Å². The Hall–Kier alpha value is -2.98. The van der Waals surface area contributed by atoms with Crippen molar-refractivity contribution in [3.63, 3.8) is 0 Å². The zero-order valence-corrected chi connectivity index (χ0v) is 27.2. The maximum absolute atomic E-state index is 13.9. The zero-order chi connectivity index (χ0) is 32.7. The Morgan fingerprint density at radius 1 is 1.13 bits per heavy atom. The van der Waals surface area contributed by atoms with E-state index in [-0.39, 0.29) is 55.7 Å². The number of aliphatic hydroxyl groups is 1. The number of hydrogen-bond acceptors (Lipinski definition) is 11. The first-order chi connectivity index (χ1) is 22.1. The molecule has 0 aromatic heterocycles. The molecule has 0 spiro atoms. The van der Waals surface area contributed by atoms with Gasteiger partial charge in [0.05, 0.1) is 42.8 Å². The molecule has 0 aliphatic carbocycles. The van der Waals surface area contributed by atoms with Gasteiger partial charge in [0.2, 0.25) is 10.0 Å². The lowest BCUT2D eigenvalue weighted by Crippen LogP contribution is -2.51. The highest BCUT2D eigenvalue weighted by molar-refractivity contribution is 7.89. The number of nitrogens with one attached hydrogen (secondary N) is 1. The zero-order valence-electron chi connectivity index (χ0n) is 26.3. The van der Waals surface area contributed by atoms with Crippen molar-refractivity contribution in [1.29, 1.82) is 0 Å². The summed E-state index contributed by atoms with van der Waals surface area (Å²) in [6, 6.07) is 11.0. The largest absolute Gasteiger partial charge is 0.494 e. The number of rotatable bonds is 16. The number of ether oxygens (including phenoxy) is 4. The third-order valence-electron chi connectivity index (χ3n) is 8.25. The molecule has 0 bridgehead atoms. The van der Waals surface area contributed by atoms with E-state index >= 15 is 0 Å². The summed E-state index contributed by atoms with van der Waals surface area (Å²) in [5.41, 5.74) is 6.98. The van der Waals surface area contributed by atoms with Crippen LogP contribution in [0.1, 0.15) is 44.2 Å². The molecule has 2 aromatic rings. The van der Waals surface area contributed by atoms with Gasteiger partial charge in [0, 0.05) is 18.7 Å². The predicted octanol–water partition coefficient (Wildman–Crippen LogP) is 2.73. The van der Waals surface area contributed by atoms with Gasteiger partial charge in [-0.1, -0.05) is 26.0 Å². The average Bonchev–Trinajstić information content (AvgIpc) is 3.78. The van der Waals surface area contributed by atoms with Crippen LogP contribution in [0, 0.1) is 11.8 Å². The SMILES string of the molecule is CC(C)CN(C[C@@H](O)[C@H](Cc1ccc(OCCCCN)cc1)NC(=O)O[C@H]1CO[C@H]2OCC[C@H]21)S(=O)(=O)c1ccc2c(c1)COO2. The van der Waals surface area contributed by atoms with E-state index in [0.29, 0.717) is 36.8 Å². The maximum Gasteiger partial charge on any atom is 0.407 e. The minimum absolute atomic E-state index is 0.0409. The van der Waals surface area contributed by atoms with Crippen LogP contribution in [0.15, 0.2) is 47.4 Å². The Balaban J connectivity index is 1.32. The van der Waals surface area contributed by atoms with E-state index in [1.165, 1.54) is 16.4 Å². The number of amides is 1. The van der Waals surface area contributed by atoms with Crippen LogP contribution in [0.3, 0.4) is 0 Å². The molecular weight excluding hydrogens is 618 g/mol. The van der Waals surface area contributed by atoms with Crippen LogP contribution in [0.4, 0.5) is 4.79 Å². The number of benzene rings is 2. The van der Waals surface area contributed by atoms with Gasteiger partial charge in [-0.25, -0.2) is 13.2 Å².